The first-order valence-electron chi connectivity index (χ1n) is 8.06. The third kappa shape index (κ3) is 4.32. The van der Waals surface area contributed by atoms with Gasteiger partial charge in [-0.1, -0.05) is 6.42 Å². The average Bonchev–Trinajstić information content (AvgIpc) is 2.88. The Balaban J connectivity index is 1.93. The fourth-order valence-electron chi connectivity index (χ4n) is 2.80. The topological polar surface area (TPSA) is 33.1 Å². The van der Waals surface area contributed by atoms with Gasteiger partial charge >= 0.3 is 0 Å². The van der Waals surface area contributed by atoms with Crippen molar-refractivity contribution in [3.05, 3.63) is 18.0 Å². The summed E-state index contributed by atoms with van der Waals surface area (Å²) in [5.74, 6) is 0. The predicted molar refractivity (Wildman–Crippen MR) is 83.8 cm³/mol. The summed E-state index contributed by atoms with van der Waals surface area (Å²) in [5, 5.41) is 8.10. The van der Waals surface area contributed by atoms with Crippen LogP contribution in [0.25, 0.3) is 0 Å². The van der Waals surface area contributed by atoms with Crippen LogP contribution in [0.4, 0.5) is 0 Å². The van der Waals surface area contributed by atoms with Gasteiger partial charge in [0.25, 0.3) is 0 Å². The molecule has 1 N–H and O–H groups in total. The Bertz CT molecular complexity index is 391. The van der Waals surface area contributed by atoms with Crippen molar-refractivity contribution >= 4 is 0 Å². The molecule has 1 aromatic heterocycles. The number of nitrogens with zero attached hydrogens (tertiary/aromatic N) is 3. The van der Waals surface area contributed by atoms with Gasteiger partial charge in [-0.15, -0.1) is 0 Å². The molecule has 1 atom stereocenters. The SMILES string of the molecule is CC(C)N(Cc1cnn(C(C)C)c1)CC1CCCCN1. The number of piperidine rings is 1. The maximum Gasteiger partial charge on any atom is 0.0534 e. The molecule has 20 heavy (non-hydrogen) atoms. The van der Waals surface area contributed by atoms with Gasteiger partial charge in [0.15, 0.2) is 0 Å². The standard InChI is InChI=1S/C16H30N4/c1-13(2)19(12-16-7-5-6-8-17-16)10-15-9-18-20(11-15)14(3)4/h9,11,13-14,16-17H,5-8,10,12H2,1-4H3. The van der Waals surface area contributed by atoms with Crippen molar-refractivity contribution in [1.29, 1.82) is 0 Å². The summed E-state index contributed by atoms with van der Waals surface area (Å²) in [5.41, 5.74) is 1.32. The Morgan fingerprint density at radius 3 is 2.70 bits per heavy atom. The minimum absolute atomic E-state index is 0.441. The number of nitrogens with one attached hydrogen (secondary N) is 1. The lowest BCUT2D eigenvalue weighted by molar-refractivity contribution is 0.177. The van der Waals surface area contributed by atoms with E-state index in [2.05, 4.69) is 49.2 Å². The normalized spacial score (nSPS) is 20.2. The zero-order valence-electron chi connectivity index (χ0n) is 13.5. The molecule has 2 heterocycles. The molecule has 0 radical (unpaired) electrons. The number of hydrogen-bond acceptors (Lipinski definition) is 3. The summed E-state index contributed by atoms with van der Waals surface area (Å²) >= 11 is 0. The molecule has 1 fully saturated rings. The van der Waals surface area contributed by atoms with Crippen molar-refractivity contribution in [3.8, 4) is 0 Å². The van der Waals surface area contributed by atoms with E-state index in [4.69, 9.17) is 0 Å². The van der Waals surface area contributed by atoms with Crippen LogP contribution >= 0.6 is 0 Å². The quantitative estimate of drug-likeness (QED) is 0.868. The summed E-state index contributed by atoms with van der Waals surface area (Å²) < 4.78 is 2.05. The first kappa shape index (κ1) is 15.5. The monoisotopic (exact) mass is 278 g/mol. The molecule has 2 rings (SSSR count). The molecule has 0 bridgehead atoms. The smallest absolute Gasteiger partial charge is 0.0534 e. The first-order chi connectivity index (χ1) is 9.56. The van der Waals surface area contributed by atoms with E-state index in [-0.39, 0.29) is 0 Å². The molecule has 0 amide bonds. The van der Waals surface area contributed by atoms with Crippen LogP contribution < -0.4 is 5.32 Å². The van der Waals surface area contributed by atoms with Gasteiger partial charge < -0.3 is 5.32 Å². The van der Waals surface area contributed by atoms with Crippen molar-refractivity contribution in [3.63, 3.8) is 0 Å². The zero-order valence-corrected chi connectivity index (χ0v) is 13.5. The van der Waals surface area contributed by atoms with Gasteiger partial charge in [0.05, 0.1) is 6.20 Å². The molecule has 0 saturated carbocycles. The van der Waals surface area contributed by atoms with E-state index in [1.807, 2.05) is 10.9 Å². The maximum absolute atomic E-state index is 4.45. The van der Waals surface area contributed by atoms with Gasteiger partial charge in [-0.05, 0) is 47.1 Å². The Labute approximate surface area is 123 Å². The maximum atomic E-state index is 4.45. The summed E-state index contributed by atoms with van der Waals surface area (Å²) in [4.78, 5) is 2.56. The van der Waals surface area contributed by atoms with Crippen LogP contribution in [0.5, 0.6) is 0 Å². The molecule has 4 heteroatoms. The van der Waals surface area contributed by atoms with Crippen LogP contribution in [0.1, 0.15) is 58.6 Å². The third-order valence-corrected chi connectivity index (χ3v) is 4.17. The molecule has 0 aliphatic carbocycles. The zero-order chi connectivity index (χ0) is 14.5. The number of hydrogen-bond donors (Lipinski definition) is 1. The minimum atomic E-state index is 0.441. The Kier molecular flexibility index (Phi) is 5.61. The second kappa shape index (κ2) is 7.23. The Hall–Kier alpha value is -0.870. The Morgan fingerprint density at radius 2 is 2.15 bits per heavy atom. The molecule has 1 unspecified atom stereocenters. The third-order valence-electron chi connectivity index (χ3n) is 4.17. The first-order valence-corrected chi connectivity index (χ1v) is 8.06. The van der Waals surface area contributed by atoms with Crippen LogP contribution in [0, 0.1) is 0 Å². The molecule has 1 aromatic rings. The van der Waals surface area contributed by atoms with Crippen LogP contribution in [0.2, 0.25) is 0 Å². The fourth-order valence-corrected chi connectivity index (χ4v) is 2.80. The summed E-state index contributed by atoms with van der Waals surface area (Å²) in [6, 6.07) is 1.67. The van der Waals surface area contributed by atoms with Gasteiger partial charge in [0.2, 0.25) is 0 Å². The predicted octanol–water partition coefficient (Wildman–Crippen LogP) is 2.82. The molecule has 0 spiro atoms. The van der Waals surface area contributed by atoms with E-state index in [0.717, 1.165) is 13.1 Å². The van der Waals surface area contributed by atoms with Crippen LogP contribution in [0.15, 0.2) is 12.4 Å². The van der Waals surface area contributed by atoms with Crippen molar-refractivity contribution in [2.24, 2.45) is 0 Å². The molecule has 0 aromatic carbocycles. The van der Waals surface area contributed by atoms with Crippen molar-refractivity contribution in [1.82, 2.24) is 20.0 Å². The van der Waals surface area contributed by atoms with Crippen LogP contribution in [-0.2, 0) is 6.54 Å². The van der Waals surface area contributed by atoms with Gasteiger partial charge in [-0.3, -0.25) is 9.58 Å². The van der Waals surface area contributed by atoms with Gasteiger partial charge in [0.1, 0.15) is 0 Å². The van der Waals surface area contributed by atoms with E-state index in [9.17, 15) is 0 Å². The van der Waals surface area contributed by atoms with Crippen molar-refractivity contribution in [2.75, 3.05) is 13.1 Å². The van der Waals surface area contributed by atoms with Crippen molar-refractivity contribution in [2.45, 2.75) is 71.6 Å². The highest BCUT2D eigenvalue weighted by Gasteiger charge is 2.19. The van der Waals surface area contributed by atoms with Crippen LogP contribution in [-0.4, -0.2) is 39.9 Å². The van der Waals surface area contributed by atoms with Gasteiger partial charge in [-0.2, -0.15) is 5.10 Å². The summed E-state index contributed by atoms with van der Waals surface area (Å²) in [6.07, 6.45) is 8.22. The fraction of sp³-hybridized carbons (Fsp3) is 0.812. The number of aromatic nitrogens is 2. The molecule has 114 valence electrons. The molecule has 1 aliphatic rings. The summed E-state index contributed by atoms with van der Waals surface area (Å²) in [6.45, 7) is 12.2. The van der Waals surface area contributed by atoms with E-state index in [1.54, 1.807) is 0 Å². The second-order valence-corrected chi connectivity index (χ2v) is 6.59. The lowest BCUT2D eigenvalue weighted by Gasteiger charge is -2.32. The van der Waals surface area contributed by atoms with Gasteiger partial charge in [-0.25, -0.2) is 0 Å². The average molecular weight is 278 g/mol. The van der Waals surface area contributed by atoms with Crippen molar-refractivity contribution < 1.29 is 0 Å². The second-order valence-electron chi connectivity index (χ2n) is 6.59. The molecule has 1 saturated heterocycles. The van der Waals surface area contributed by atoms with Crippen LogP contribution in [0.3, 0.4) is 0 Å². The lowest BCUT2D eigenvalue weighted by Crippen LogP contribution is -2.45. The Morgan fingerprint density at radius 1 is 1.35 bits per heavy atom. The largest absolute Gasteiger partial charge is 0.313 e. The highest BCUT2D eigenvalue weighted by atomic mass is 15.3. The minimum Gasteiger partial charge on any atom is -0.313 e. The van der Waals surface area contributed by atoms with E-state index in [0.29, 0.717) is 18.1 Å². The molecular weight excluding hydrogens is 248 g/mol. The van der Waals surface area contributed by atoms with E-state index in [1.165, 1.54) is 31.4 Å². The van der Waals surface area contributed by atoms with E-state index < -0.39 is 0 Å². The number of rotatable bonds is 6. The molecule has 1 aliphatic heterocycles. The summed E-state index contributed by atoms with van der Waals surface area (Å²) in [7, 11) is 0. The molecule has 4 nitrogen and oxygen atoms in total. The lowest BCUT2D eigenvalue weighted by atomic mass is 10.0. The molecular formula is C16H30N4. The highest BCUT2D eigenvalue weighted by Crippen LogP contribution is 2.14. The van der Waals surface area contributed by atoms with E-state index >= 15 is 0 Å². The highest BCUT2D eigenvalue weighted by molar-refractivity contribution is 5.04. The van der Waals surface area contributed by atoms with Gasteiger partial charge in [0, 0.05) is 43.0 Å².